The first kappa shape index (κ1) is 27.5. The van der Waals surface area contributed by atoms with E-state index in [0.717, 1.165) is 0 Å². The van der Waals surface area contributed by atoms with Crippen LogP contribution in [0.3, 0.4) is 0 Å². The van der Waals surface area contributed by atoms with Crippen LogP contribution in [-0.2, 0) is 19.2 Å². The van der Waals surface area contributed by atoms with E-state index in [0.29, 0.717) is 19.4 Å². The van der Waals surface area contributed by atoms with Gasteiger partial charge in [-0.15, -0.1) is 0 Å². The molecule has 172 valence electrons. The van der Waals surface area contributed by atoms with E-state index in [-0.39, 0.29) is 24.1 Å². The molecule has 30 heavy (non-hydrogen) atoms. The van der Waals surface area contributed by atoms with Crippen molar-refractivity contribution in [3.63, 3.8) is 0 Å². The minimum atomic E-state index is -1.16. The highest BCUT2D eigenvalue weighted by Gasteiger charge is 2.26. The van der Waals surface area contributed by atoms with Crippen LogP contribution in [0.5, 0.6) is 0 Å². The first-order valence-corrected chi connectivity index (χ1v) is 10.1. The lowest BCUT2D eigenvalue weighted by atomic mass is 10.0. The van der Waals surface area contributed by atoms with Gasteiger partial charge in [-0.05, 0) is 25.2 Å². The number of aliphatic imine (C=N–C) groups is 1. The van der Waals surface area contributed by atoms with E-state index >= 15 is 0 Å². The third kappa shape index (κ3) is 12.1. The van der Waals surface area contributed by atoms with Crippen LogP contribution in [-0.4, -0.2) is 71.7 Å². The second-order valence-electron chi connectivity index (χ2n) is 7.10. The molecule has 0 radical (unpaired) electrons. The summed E-state index contributed by atoms with van der Waals surface area (Å²) in [6.45, 7) is 3.59. The second kappa shape index (κ2) is 14.4. The predicted molar refractivity (Wildman–Crippen MR) is 116 cm³/mol. The van der Waals surface area contributed by atoms with E-state index in [1.165, 1.54) is 0 Å². The van der Waals surface area contributed by atoms with Gasteiger partial charge >= 0.3 is 5.97 Å². The van der Waals surface area contributed by atoms with Crippen molar-refractivity contribution in [2.24, 2.45) is 28.1 Å². The molecule has 0 saturated carbocycles. The first-order chi connectivity index (χ1) is 14.0. The lowest BCUT2D eigenvalue weighted by molar-refractivity contribution is -0.142. The summed E-state index contributed by atoms with van der Waals surface area (Å²) < 4.78 is 0. The number of carboxylic acids is 1. The molecular weight excluding hydrogens is 414 g/mol. The van der Waals surface area contributed by atoms with Crippen LogP contribution < -0.4 is 33.2 Å². The van der Waals surface area contributed by atoms with Gasteiger partial charge in [0.1, 0.15) is 12.1 Å². The number of nitrogens with one attached hydrogen (secondary N) is 3. The van der Waals surface area contributed by atoms with Gasteiger partial charge in [0.15, 0.2) is 5.96 Å². The molecule has 13 heteroatoms. The third-order valence-corrected chi connectivity index (χ3v) is 4.25. The molecule has 0 rings (SSSR count). The Labute approximate surface area is 181 Å². The van der Waals surface area contributed by atoms with Gasteiger partial charge in [0.05, 0.1) is 12.6 Å². The molecule has 0 aliphatic heterocycles. The van der Waals surface area contributed by atoms with Gasteiger partial charge in [0, 0.05) is 12.3 Å². The molecule has 0 fully saturated rings. The number of guanidine groups is 1. The fourth-order valence-electron chi connectivity index (χ4n) is 2.35. The number of rotatable bonds is 14. The maximum atomic E-state index is 12.3. The predicted octanol–water partition coefficient (Wildman–Crippen LogP) is -2.49. The molecular formula is C17H33N7O5S. The molecule has 0 bridgehead atoms. The summed E-state index contributed by atoms with van der Waals surface area (Å²) in [6, 6.07) is -2.98. The number of nitrogens with two attached hydrogens (primary N) is 3. The van der Waals surface area contributed by atoms with Crippen LogP contribution in [0.25, 0.3) is 0 Å². The van der Waals surface area contributed by atoms with E-state index in [1.54, 1.807) is 0 Å². The number of carboxylic acid groups (broad SMARTS) is 1. The number of thiol groups is 1. The minimum absolute atomic E-state index is 0.0497. The Morgan fingerprint density at radius 2 is 1.70 bits per heavy atom. The van der Waals surface area contributed by atoms with Crippen molar-refractivity contribution >= 4 is 42.3 Å². The second-order valence-corrected chi connectivity index (χ2v) is 7.47. The van der Waals surface area contributed by atoms with Gasteiger partial charge in [0.2, 0.25) is 17.7 Å². The molecule has 3 amide bonds. The van der Waals surface area contributed by atoms with Gasteiger partial charge in [-0.3, -0.25) is 19.4 Å². The SMILES string of the molecule is CC(C)CC(NC(=O)C(CS)NC(=O)CNC(=O)C(N)CCCN=C(N)N)C(=O)O. The molecule has 0 aromatic heterocycles. The lowest BCUT2D eigenvalue weighted by Crippen LogP contribution is -2.54. The molecule has 0 aromatic rings. The zero-order valence-corrected chi connectivity index (χ0v) is 18.2. The summed E-state index contributed by atoms with van der Waals surface area (Å²) in [6.07, 6.45) is 1.05. The Kier molecular flexibility index (Phi) is 13.2. The van der Waals surface area contributed by atoms with Gasteiger partial charge < -0.3 is 38.3 Å². The Balaban J connectivity index is 4.50. The van der Waals surface area contributed by atoms with Crippen LogP contribution in [0, 0.1) is 5.92 Å². The van der Waals surface area contributed by atoms with Crippen molar-refractivity contribution in [1.82, 2.24) is 16.0 Å². The van der Waals surface area contributed by atoms with Crippen LogP contribution in [0.2, 0.25) is 0 Å². The minimum Gasteiger partial charge on any atom is -0.480 e. The van der Waals surface area contributed by atoms with E-state index in [2.05, 4.69) is 33.6 Å². The fraction of sp³-hybridized carbons (Fsp3) is 0.706. The number of aliphatic carboxylic acids is 1. The summed E-state index contributed by atoms with van der Waals surface area (Å²) >= 11 is 4.02. The quantitative estimate of drug-likeness (QED) is 0.0615. The fourth-order valence-corrected chi connectivity index (χ4v) is 2.61. The van der Waals surface area contributed by atoms with Crippen molar-refractivity contribution in [3.8, 4) is 0 Å². The molecule has 12 nitrogen and oxygen atoms in total. The summed E-state index contributed by atoms with van der Waals surface area (Å²) in [5, 5.41) is 16.4. The smallest absolute Gasteiger partial charge is 0.326 e. The maximum Gasteiger partial charge on any atom is 0.326 e. The zero-order valence-electron chi connectivity index (χ0n) is 17.3. The summed E-state index contributed by atoms with van der Waals surface area (Å²) in [7, 11) is 0. The Bertz CT molecular complexity index is 626. The molecule has 10 N–H and O–H groups in total. The van der Waals surface area contributed by atoms with Crippen molar-refractivity contribution in [2.45, 2.75) is 51.2 Å². The normalized spacial score (nSPS) is 13.6. The van der Waals surface area contributed by atoms with Crippen molar-refractivity contribution < 1.29 is 24.3 Å². The van der Waals surface area contributed by atoms with E-state index in [1.807, 2.05) is 13.8 Å². The van der Waals surface area contributed by atoms with Gasteiger partial charge in [0.25, 0.3) is 0 Å². The molecule has 0 spiro atoms. The summed E-state index contributed by atoms with van der Waals surface area (Å²) in [5.74, 6) is -3.06. The molecule has 0 aliphatic carbocycles. The number of amides is 3. The van der Waals surface area contributed by atoms with Crippen LogP contribution in [0.15, 0.2) is 4.99 Å². The summed E-state index contributed by atoms with van der Waals surface area (Å²) in [4.78, 5) is 51.3. The molecule has 3 atom stereocenters. The standard InChI is InChI=1S/C17H33N7O5S/c1-9(2)6-11(16(28)29)24-15(27)12(8-30)23-13(25)7-22-14(26)10(18)4-3-5-21-17(19)20/h9-12,30H,3-8,18H2,1-2H3,(H,22,26)(H,23,25)(H,24,27)(H,28,29)(H4,19,20,21). The zero-order chi connectivity index (χ0) is 23.3. The number of nitrogens with zero attached hydrogens (tertiary/aromatic N) is 1. The molecule has 3 unspecified atom stereocenters. The Morgan fingerprint density at radius 3 is 2.20 bits per heavy atom. The number of hydrogen-bond donors (Lipinski definition) is 8. The average Bonchev–Trinajstić information content (AvgIpc) is 2.65. The van der Waals surface area contributed by atoms with E-state index in [9.17, 15) is 24.3 Å². The monoisotopic (exact) mass is 447 g/mol. The van der Waals surface area contributed by atoms with Crippen molar-refractivity contribution in [1.29, 1.82) is 0 Å². The largest absolute Gasteiger partial charge is 0.480 e. The molecule has 0 heterocycles. The molecule has 0 saturated heterocycles. The molecule has 0 aliphatic rings. The number of hydrogen-bond acceptors (Lipinski definition) is 7. The van der Waals surface area contributed by atoms with Gasteiger partial charge in [-0.2, -0.15) is 12.6 Å². The van der Waals surface area contributed by atoms with Crippen molar-refractivity contribution in [2.75, 3.05) is 18.8 Å². The number of carbonyl (C=O) groups excluding carboxylic acids is 3. The lowest BCUT2D eigenvalue weighted by Gasteiger charge is -2.21. The highest BCUT2D eigenvalue weighted by atomic mass is 32.1. The maximum absolute atomic E-state index is 12.3. The van der Waals surface area contributed by atoms with Crippen LogP contribution >= 0.6 is 12.6 Å². The number of carbonyl (C=O) groups is 4. The highest BCUT2D eigenvalue weighted by molar-refractivity contribution is 7.80. The molecule has 0 aromatic carbocycles. The topological polar surface area (TPSA) is 215 Å². The van der Waals surface area contributed by atoms with E-state index < -0.39 is 48.4 Å². The highest BCUT2D eigenvalue weighted by Crippen LogP contribution is 2.05. The van der Waals surface area contributed by atoms with Crippen LogP contribution in [0.4, 0.5) is 0 Å². The van der Waals surface area contributed by atoms with Crippen molar-refractivity contribution in [3.05, 3.63) is 0 Å². The average molecular weight is 448 g/mol. The third-order valence-electron chi connectivity index (χ3n) is 3.88. The first-order valence-electron chi connectivity index (χ1n) is 9.50. The van der Waals surface area contributed by atoms with Gasteiger partial charge in [-0.1, -0.05) is 13.8 Å². The van der Waals surface area contributed by atoms with E-state index in [4.69, 9.17) is 17.2 Å². The van der Waals surface area contributed by atoms with Gasteiger partial charge in [-0.25, -0.2) is 4.79 Å². The Hall–Kier alpha value is -2.54. The Morgan fingerprint density at radius 1 is 1.07 bits per heavy atom. The van der Waals surface area contributed by atoms with Crippen LogP contribution in [0.1, 0.15) is 33.1 Å². The summed E-state index contributed by atoms with van der Waals surface area (Å²) in [5.41, 5.74) is 16.1.